The molecule has 0 spiro atoms. The van der Waals surface area contributed by atoms with Crippen molar-refractivity contribution in [3.63, 3.8) is 0 Å². The molecule has 1 aliphatic heterocycles. The first-order chi connectivity index (χ1) is 17.2. The SMILES string of the molecule is CCCc1nc(N2CCCN(C(=O)CCc3ccccc3)CC2)c2cnn(-c3ccccc3)c2n1. The normalized spacial score (nSPS) is 14.3. The number of nitrogens with zero attached hydrogens (tertiary/aromatic N) is 6. The van der Waals surface area contributed by atoms with Crippen LogP contribution in [0.4, 0.5) is 5.82 Å². The predicted octanol–water partition coefficient (Wildman–Crippen LogP) is 4.44. The maximum Gasteiger partial charge on any atom is 0.222 e. The Hall–Kier alpha value is -3.74. The van der Waals surface area contributed by atoms with Crippen molar-refractivity contribution in [3.05, 3.63) is 78.2 Å². The van der Waals surface area contributed by atoms with E-state index in [1.165, 1.54) is 5.56 Å². The lowest BCUT2D eigenvalue weighted by molar-refractivity contribution is -0.130. The van der Waals surface area contributed by atoms with Gasteiger partial charge in [-0.25, -0.2) is 14.6 Å². The van der Waals surface area contributed by atoms with Gasteiger partial charge in [-0.1, -0.05) is 55.5 Å². The molecule has 7 heteroatoms. The number of anilines is 1. The third kappa shape index (κ3) is 5.19. The molecule has 2 aromatic heterocycles. The second kappa shape index (κ2) is 10.7. The largest absolute Gasteiger partial charge is 0.354 e. The number of hydrogen-bond donors (Lipinski definition) is 0. The Kier molecular flexibility index (Phi) is 7.02. The van der Waals surface area contributed by atoms with E-state index in [9.17, 15) is 4.79 Å². The summed E-state index contributed by atoms with van der Waals surface area (Å²) in [7, 11) is 0. The quantitative estimate of drug-likeness (QED) is 0.401. The number of aromatic nitrogens is 4. The molecule has 5 rings (SSSR count). The molecule has 4 aromatic rings. The van der Waals surface area contributed by atoms with Gasteiger partial charge in [0.1, 0.15) is 11.6 Å². The first-order valence-corrected chi connectivity index (χ1v) is 12.6. The summed E-state index contributed by atoms with van der Waals surface area (Å²) in [5.74, 6) is 2.00. The molecule has 1 saturated heterocycles. The standard InChI is InChI=1S/C28H32N6O/c1-2-10-25-30-27(24-21-29-34(28(24)31-25)23-13-7-4-8-14-23)33-18-9-17-32(19-20-33)26(35)16-15-22-11-5-3-6-12-22/h3-8,11-14,21H,2,9-10,15-20H2,1H3. The summed E-state index contributed by atoms with van der Waals surface area (Å²) in [6, 6.07) is 20.3. The van der Waals surface area contributed by atoms with Crippen LogP contribution in [0.2, 0.25) is 0 Å². The van der Waals surface area contributed by atoms with E-state index in [2.05, 4.69) is 29.1 Å². The summed E-state index contributed by atoms with van der Waals surface area (Å²) in [5, 5.41) is 5.62. The molecule has 3 heterocycles. The van der Waals surface area contributed by atoms with Gasteiger partial charge >= 0.3 is 0 Å². The number of carbonyl (C=O) groups is 1. The number of rotatable bonds is 7. The highest BCUT2D eigenvalue weighted by molar-refractivity contribution is 5.88. The minimum absolute atomic E-state index is 0.229. The van der Waals surface area contributed by atoms with Gasteiger partial charge in [-0.05, 0) is 37.0 Å². The highest BCUT2D eigenvalue weighted by Gasteiger charge is 2.23. The average molecular weight is 469 g/mol. The molecular formula is C28H32N6O. The zero-order valence-electron chi connectivity index (χ0n) is 20.3. The van der Waals surface area contributed by atoms with Crippen LogP contribution >= 0.6 is 0 Å². The van der Waals surface area contributed by atoms with E-state index in [0.717, 1.165) is 73.7 Å². The van der Waals surface area contributed by atoms with Crippen LogP contribution in [0.5, 0.6) is 0 Å². The first kappa shape index (κ1) is 23.0. The summed E-state index contributed by atoms with van der Waals surface area (Å²) < 4.78 is 1.90. The topological polar surface area (TPSA) is 67.2 Å². The Morgan fingerprint density at radius 1 is 0.886 bits per heavy atom. The second-order valence-corrected chi connectivity index (χ2v) is 9.05. The highest BCUT2D eigenvalue weighted by Crippen LogP contribution is 2.27. The van der Waals surface area contributed by atoms with Crippen LogP contribution < -0.4 is 4.90 Å². The monoisotopic (exact) mass is 468 g/mol. The van der Waals surface area contributed by atoms with E-state index < -0.39 is 0 Å². The fraction of sp³-hybridized carbons (Fsp3) is 0.357. The number of aryl methyl sites for hydroxylation is 2. The van der Waals surface area contributed by atoms with Crippen molar-refractivity contribution in [2.24, 2.45) is 0 Å². The number of hydrogen-bond acceptors (Lipinski definition) is 5. The van der Waals surface area contributed by atoms with Crippen LogP contribution in [-0.2, 0) is 17.6 Å². The van der Waals surface area contributed by atoms with E-state index in [4.69, 9.17) is 9.97 Å². The number of fused-ring (bicyclic) bond motifs is 1. The Morgan fingerprint density at radius 3 is 2.43 bits per heavy atom. The molecule has 1 amide bonds. The molecule has 0 saturated carbocycles. The smallest absolute Gasteiger partial charge is 0.222 e. The van der Waals surface area contributed by atoms with Gasteiger partial charge in [-0.2, -0.15) is 5.10 Å². The van der Waals surface area contributed by atoms with Crippen LogP contribution in [0.25, 0.3) is 16.7 Å². The predicted molar refractivity (Wildman–Crippen MR) is 139 cm³/mol. The summed E-state index contributed by atoms with van der Waals surface area (Å²) in [5.41, 5.74) is 3.03. The van der Waals surface area contributed by atoms with E-state index in [0.29, 0.717) is 13.0 Å². The van der Waals surface area contributed by atoms with Gasteiger partial charge < -0.3 is 9.80 Å². The maximum absolute atomic E-state index is 12.9. The van der Waals surface area contributed by atoms with Gasteiger partial charge in [0.15, 0.2) is 5.65 Å². The minimum atomic E-state index is 0.229. The molecule has 1 aliphatic rings. The van der Waals surface area contributed by atoms with Gasteiger partial charge in [-0.15, -0.1) is 0 Å². The number of amides is 1. The van der Waals surface area contributed by atoms with Crippen molar-refractivity contribution >= 4 is 22.8 Å². The molecule has 0 N–H and O–H groups in total. The van der Waals surface area contributed by atoms with Gasteiger partial charge in [-0.3, -0.25) is 4.79 Å². The van der Waals surface area contributed by atoms with E-state index >= 15 is 0 Å². The number of benzene rings is 2. The molecule has 7 nitrogen and oxygen atoms in total. The lowest BCUT2D eigenvalue weighted by Crippen LogP contribution is -2.35. The number of para-hydroxylation sites is 1. The third-order valence-corrected chi connectivity index (χ3v) is 6.55. The van der Waals surface area contributed by atoms with Crippen LogP contribution in [-0.4, -0.2) is 56.7 Å². The zero-order chi connectivity index (χ0) is 24.0. The lowest BCUT2D eigenvalue weighted by Gasteiger charge is -2.24. The van der Waals surface area contributed by atoms with Crippen LogP contribution in [0.1, 0.15) is 37.6 Å². The average Bonchev–Trinajstić information content (AvgIpc) is 3.17. The fourth-order valence-corrected chi connectivity index (χ4v) is 4.70. The summed E-state index contributed by atoms with van der Waals surface area (Å²) in [4.78, 5) is 27.1. The van der Waals surface area contributed by atoms with Crippen LogP contribution in [0, 0.1) is 0 Å². The van der Waals surface area contributed by atoms with Crippen molar-refractivity contribution in [2.75, 3.05) is 31.1 Å². The Morgan fingerprint density at radius 2 is 1.66 bits per heavy atom. The number of carbonyl (C=O) groups excluding carboxylic acids is 1. The molecule has 0 radical (unpaired) electrons. The molecular weight excluding hydrogens is 436 g/mol. The maximum atomic E-state index is 12.9. The molecule has 0 aliphatic carbocycles. The van der Waals surface area contributed by atoms with Crippen molar-refractivity contribution in [1.29, 1.82) is 0 Å². The van der Waals surface area contributed by atoms with Gasteiger partial charge in [0.2, 0.25) is 5.91 Å². The van der Waals surface area contributed by atoms with Crippen LogP contribution in [0.15, 0.2) is 66.9 Å². The third-order valence-electron chi connectivity index (χ3n) is 6.55. The van der Waals surface area contributed by atoms with Crippen LogP contribution in [0.3, 0.4) is 0 Å². The zero-order valence-corrected chi connectivity index (χ0v) is 20.3. The highest BCUT2D eigenvalue weighted by atomic mass is 16.2. The lowest BCUT2D eigenvalue weighted by atomic mass is 10.1. The fourth-order valence-electron chi connectivity index (χ4n) is 4.70. The Bertz CT molecular complexity index is 1270. The Labute approximate surface area is 206 Å². The molecule has 1 fully saturated rings. The first-order valence-electron chi connectivity index (χ1n) is 12.6. The minimum Gasteiger partial charge on any atom is -0.354 e. The molecule has 0 unspecified atom stereocenters. The summed E-state index contributed by atoms with van der Waals surface area (Å²) >= 11 is 0. The Balaban J connectivity index is 1.36. The molecule has 35 heavy (non-hydrogen) atoms. The molecule has 180 valence electrons. The van der Waals surface area contributed by atoms with Crippen molar-refractivity contribution < 1.29 is 4.79 Å². The summed E-state index contributed by atoms with van der Waals surface area (Å²) in [6.45, 7) is 5.24. The van der Waals surface area contributed by atoms with Crippen molar-refractivity contribution in [2.45, 2.75) is 39.0 Å². The molecule has 2 aromatic carbocycles. The summed E-state index contributed by atoms with van der Waals surface area (Å²) in [6.07, 6.45) is 5.92. The van der Waals surface area contributed by atoms with E-state index in [1.807, 2.05) is 64.3 Å². The second-order valence-electron chi connectivity index (χ2n) is 9.05. The van der Waals surface area contributed by atoms with E-state index in [1.54, 1.807) is 0 Å². The van der Waals surface area contributed by atoms with Gasteiger partial charge in [0.05, 0.1) is 17.3 Å². The molecule has 0 bridgehead atoms. The van der Waals surface area contributed by atoms with Crippen molar-refractivity contribution in [3.8, 4) is 5.69 Å². The molecule has 0 atom stereocenters. The van der Waals surface area contributed by atoms with Gasteiger partial charge in [0, 0.05) is 39.0 Å². The van der Waals surface area contributed by atoms with E-state index in [-0.39, 0.29) is 5.91 Å². The van der Waals surface area contributed by atoms with Crippen molar-refractivity contribution in [1.82, 2.24) is 24.6 Å². The van der Waals surface area contributed by atoms with Gasteiger partial charge in [0.25, 0.3) is 0 Å².